The second kappa shape index (κ2) is 9.59. The third kappa shape index (κ3) is 4.41. The maximum Gasteiger partial charge on any atom is 0.310 e. The van der Waals surface area contributed by atoms with Gasteiger partial charge in [-0.15, -0.1) is 12.6 Å². The van der Waals surface area contributed by atoms with Gasteiger partial charge in [0.15, 0.2) is 0 Å². The minimum atomic E-state index is -0.728. The number of rotatable bonds is 6. The second-order valence-electron chi connectivity index (χ2n) is 12.6. The fraction of sp³-hybridized carbons (Fsp3) is 0.515. The number of carbonyl (C=O) groups is 2. The van der Waals surface area contributed by atoms with E-state index < -0.39 is 5.60 Å². The van der Waals surface area contributed by atoms with Crippen molar-refractivity contribution in [2.24, 2.45) is 35.5 Å². The van der Waals surface area contributed by atoms with Crippen LogP contribution in [0.3, 0.4) is 0 Å². The number of thiol groups is 1. The van der Waals surface area contributed by atoms with E-state index in [2.05, 4.69) is 49.0 Å². The average Bonchev–Trinajstić information content (AvgIpc) is 2.88. The normalized spacial score (nSPS) is 29.0. The molecule has 7 rings (SSSR count). The Morgan fingerprint density at radius 3 is 2.26 bits per heavy atom. The van der Waals surface area contributed by atoms with Crippen molar-refractivity contribution in [1.82, 2.24) is 0 Å². The molecule has 0 amide bonds. The zero-order valence-electron chi connectivity index (χ0n) is 22.8. The van der Waals surface area contributed by atoms with Crippen LogP contribution in [0.2, 0.25) is 0 Å². The SMILES string of the molecule is CCC(C)C(=O)OC1C2CC3CC1CC(C2)C3C(=O)OC(C)(C)c1ccc2cc3c(S)cccc3cc2c1. The first-order chi connectivity index (χ1) is 18.1. The van der Waals surface area contributed by atoms with E-state index in [1.165, 1.54) is 0 Å². The van der Waals surface area contributed by atoms with Crippen LogP contribution in [0.25, 0.3) is 21.5 Å². The first-order valence-corrected chi connectivity index (χ1v) is 14.7. The lowest BCUT2D eigenvalue weighted by molar-refractivity contribution is -0.195. The Bertz CT molecular complexity index is 1380. The van der Waals surface area contributed by atoms with Crippen molar-refractivity contribution in [1.29, 1.82) is 0 Å². The maximum atomic E-state index is 13.7. The summed E-state index contributed by atoms with van der Waals surface area (Å²) in [6.07, 6.45) is 4.68. The number of ether oxygens (including phenoxy) is 2. The number of esters is 2. The molecule has 0 aromatic heterocycles. The van der Waals surface area contributed by atoms with Gasteiger partial charge >= 0.3 is 11.9 Å². The highest BCUT2D eigenvalue weighted by Gasteiger charge is 2.57. The summed E-state index contributed by atoms with van der Waals surface area (Å²) in [6, 6.07) is 16.9. The van der Waals surface area contributed by atoms with Crippen LogP contribution in [0.4, 0.5) is 0 Å². The van der Waals surface area contributed by atoms with Gasteiger partial charge in [0.05, 0.1) is 11.8 Å². The molecule has 1 unspecified atom stereocenters. The van der Waals surface area contributed by atoms with Crippen LogP contribution in [0.1, 0.15) is 65.4 Å². The van der Waals surface area contributed by atoms with Crippen LogP contribution in [-0.2, 0) is 24.7 Å². The fourth-order valence-corrected chi connectivity index (χ4v) is 7.87. The predicted molar refractivity (Wildman–Crippen MR) is 153 cm³/mol. The summed E-state index contributed by atoms with van der Waals surface area (Å²) in [6.45, 7) is 7.97. The molecule has 4 aliphatic rings. The molecule has 4 bridgehead atoms. The second-order valence-corrected chi connectivity index (χ2v) is 13.0. The first-order valence-electron chi connectivity index (χ1n) is 14.2. The molecule has 1 atom stereocenters. The van der Waals surface area contributed by atoms with Crippen LogP contribution >= 0.6 is 12.6 Å². The van der Waals surface area contributed by atoms with Crippen molar-refractivity contribution in [2.75, 3.05) is 0 Å². The number of hydrogen-bond acceptors (Lipinski definition) is 5. The van der Waals surface area contributed by atoms with Gasteiger partial charge in [-0.05, 0) is 121 Å². The van der Waals surface area contributed by atoms with Gasteiger partial charge in [0.1, 0.15) is 11.7 Å². The Labute approximate surface area is 230 Å². The van der Waals surface area contributed by atoms with Gasteiger partial charge in [-0.2, -0.15) is 0 Å². The molecule has 0 spiro atoms. The number of carbonyl (C=O) groups excluding carboxylic acids is 2. The quantitative estimate of drug-likeness (QED) is 0.202. The summed E-state index contributed by atoms with van der Waals surface area (Å²) in [5.74, 6) is 1.21. The summed E-state index contributed by atoms with van der Waals surface area (Å²) < 4.78 is 12.3. The standard InChI is InChI=1S/C33H38O4S/c1-5-18(2)31(34)36-30-24-12-22-13-25(30)15-23(14-24)29(22)32(35)37-33(3,4)26-10-9-19-17-27-20(11-21(19)16-26)7-6-8-28(27)38/h6-11,16-18,22-25,29-30,38H,5,12-15H2,1-4H3. The van der Waals surface area contributed by atoms with Crippen molar-refractivity contribution in [3.05, 3.63) is 54.1 Å². The molecule has 3 aromatic carbocycles. The third-order valence-electron chi connectivity index (χ3n) is 9.77. The summed E-state index contributed by atoms with van der Waals surface area (Å²) >= 11 is 4.62. The van der Waals surface area contributed by atoms with Gasteiger partial charge < -0.3 is 9.47 Å². The van der Waals surface area contributed by atoms with Gasteiger partial charge in [0.25, 0.3) is 0 Å². The van der Waals surface area contributed by atoms with E-state index in [0.29, 0.717) is 23.7 Å². The number of fused-ring (bicyclic) bond motifs is 2. The number of hydrogen-bond donors (Lipinski definition) is 1. The Balaban J connectivity index is 1.17. The van der Waals surface area contributed by atoms with Gasteiger partial charge in [-0.1, -0.05) is 38.1 Å². The molecule has 0 saturated heterocycles. The zero-order valence-corrected chi connectivity index (χ0v) is 23.7. The molecule has 38 heavy (non-hydrogen) atoms. The lowest BCUT2D eigenvalue weighted by atomic mass is 9.50. The van der Waals surface area contributed by atoms with E-state index in [1.54, 1.807) is 0 Å². The van der Waals surface area contributed by atoms with E-state index >= 15 is 0 Å². The third-order valence-corrected chi connectivity index (χ3v) is 10.2. The van der Waals surface area contributed by atoms with Crippen LogP contribution in [0.15, 0.2) is 53.4 Å². The van der Waals surface area contributed by atoms with Crippen molar-refractivity contribution in [3.8, 4) is 0 Å². The van der Waals surface area contributed by atoms with Crippen molar-refractivity contribution in [3.63, 3.8) is 0 Å². The Morgan fingerprint density at radius 2 is 1.61 bits per heavy atom. The minimum Gasteiger partial charge on any atom is -0.462 e. The molecule has 0 aliphatic heterocycles. The lowest BCUT2D eigenvalue weighted by Gasteiger charge is -2.56. The zero-order chi connectivity index (χ0) is 26.8. The summed E-state index contributed by atoms with van der Waals surface area (Å²) in [5, 5.41) is 4.57. The smallest absolute Gasteiger partial charge is 0.310 e. The highest BCUT2D eigenvalue weighted by molar-refractivity contribution is 7.80. The van der Waals surface area contributed by atoms with E-state index in [1.807, 2.05) is 39.8 Å². The van der Waals surface area contributed by atoms with E-state index in [0.717, 1.165) is 64.1 Å². The highest BCUT2D eigenvalue weighted by atomic mass is 32.1. The van der Waals surface area contributed by atoms with Crippen LogP contribution < -0.4 is 0 Å². The first kappa shape index (κ1) is 25.7. The average molecular weight is 531 g/mol. The Kier molecular flexibility index (Phi) is 6.49. The fourth-order valence-electron chi connectivity index (χ4n) is 7.59. The molecule has 0 heterocycles. The van der Waals surface area contributed by atoms with Crippen LogP contribution in [-0.4, -0.2) is 18.0 Å². The topological polar surface area (TPSA) is 52.6 Å². The Hall–Kier alpha value is -2.53. The largest absolute Gasteiger partial charge is 0.462 e. The summed E-state index contributed by atoms with van der Waals surface area (Å²) in [4.78, 5) is 27.1. The van der Waals surface area contributed by atoms with Crippen LogP contribution in [0, 0.1) is 35.5 Å². The molecule has 200 valence electrons. The molecular weight excluding hydrogens is 492 g/mol. The van der Waals surface area contributed by atoms with E-state index in [-0.39, 0.29) is 29.9 Å². The van der Waals surface area contributed by atoms with Crippen molar-refractivity contribution >= 4 is 46.1 Å². The van der Waals surface area contributed by atoms with E-state index in [4.69, 9.17) is 9.47 Å². The predicted octanol–water partition coefficient (Wildman–Crippen LogP) is 7.70. The minimum absolute atomic E-state index is 0.0322. The Morgan fingerprint density at radius 1 is 0.921 bits per heavy atom. The van der Waals surface area contributed by atoms with Gasteiger partial charge in [-0.25, -0.2) is 0 Å². The van der Waals surface area contributed by atoms with Crippen LogP contribution in [0.5, 0.6) is 0 Å². The molecule has 0 radical (unpaired) electrons. The molecule has 0 N–H and O–H groups in total. The molecule has 4 saturated carbocycles. The molecular formula is C33H38O4S. The molecule has 4 fully saturated rings. The van der Waals surface area contributed by atoms with Crippen molar-refractivity contribution in [2.45, 2.75) is 76.4 Å². The van der Waals surface area contributed by atoms with E-state index in [9.17, 15) is 9.59 Å². The molecule has 5 heteroatoms. The summed E-state index contributed by atoms with van der Waals surface area (Å²) in [7, 11) is 0. The van der Waals surface area contributed by atoms with Gasteiger partial charge in [-0.3, -0.25) is 9.59 Å². The highest BCUT2D eigenvalue weighted by Crippen LogP contribution is 2.58. The van der Waals surface area contributed by atoms with Crippen molar-refractivity contribution < 1.29 is 19.1 Å². The van der Waals surface area contributed by atoms with Gasteiger partial charge in [0, 0.05) is 4.90 Å². The molecule has 4 nitrogen and oxygen atoms in total. The monoisotopic (exact) mass is 530 g/mol. The maximum absolute atomic E-state index is 13.7. The summed E-state index contributed by atoms with van der Waals surface area (Å²) in [5.41, 5.74) is 0.273. The molecule has 4 aliphatic carbocycles. The number of benzene rings is 3. The molecule has 3 aromatic rings. The lowest BCUT2D eigenvalue weighted by Crippen LogP contribution is -2.56. The van der Waals surface area contributed by atoms with Gasteiger partial charge in [0.2, 0.25) is 0 Å².